The maximum absolute atomic E-state index is 11.4. The van der Waals surface area contributed by atoms with Gasteiger partial charge in [-0.3, -0.25) is 4.98 Å². The topological polar surface area (TPSA) is 63.6 Å². The summed E-state index contributed by atoms with van der Waals surface area (Å²) in [4.78, 5) is 11.6. The molecule has 1 aliphatic heterocycles. The lowest BCUT2D eigenvalue weighted by atomic mass is 10.1. The molecule has 0 amide bonds. The molecule has 4 heterocycles. The fourth-order valence-corrected chi connectivity index (χ4v) is 3.42. The summed E-state index contributed by atoms with van der Waals surface area (Å²) >= 11 is 0. The van der Waals surface area contributed by atoms with E-state index in [0.717, 1.165) is 28.7 Å². The van der Waals surface area contributed by atoms with E-state index in [1.807, 2.05) is 60.9 Å². The number of nitrogens with zero attached hydrogens (tertiary/aromatic N) is 3. The molecule has 1 aromatic carbocycles. The SMILES string of the molecule is O=S1c2nc3c(Cc4ccccn4)cccc3n21.c1cc[nH]c1. The Hall–Kier alpha value is -2.73. The molecule has 0 spiro atoms. The molecule has 1 unspecified atom stereocenters. The summed E-state index contributed by atoms with van der Waals surface area (Å²) in [6.45, 7) is 0. The second-order valence-corrected chi connectivity index (χ2v) is 6.33. The van der Waals surface area contributed by atoms with Crippen LogP contribution in [0.4, 0.5) is 0 Å². The van der Waals surface area contributed by atoms with E-state index < -0.39 is 11.0 Å². The first-order valence-electron chi connectivity index (χ1n) is 7.25. The quantitative estimate of drug-likeness (QED) is 0.508. The van der Waals surface area contributed by atoms with Crippen LogP contribution < -0.4 is 0 Å². The maximum atomic E-state index is 11.4. The molecule has 1 N–H and O–H groups in total. The van der Waals surface area contributed by atoms with Gasteiger partial charge in [0.25, 0.3) is 0 Å². The van der Waals surface area contributed by atoms with Gasteiger partial charge in [0.05, 0.1) is 11.0 Å². The van der Waals surface area contributed by atoms with Crippen LogP contribution in [0.1, 0.15) is 11.3 Å². The van der Waals surface area contributed by atoms with Crippen LogP contribution in [0.5, 0.6) is 0 Å². The van der Waals surface area contributed by atoms with Crippen LogP contribution in [-0.2, 0) is 17.4 Å². The molecule has 1 atom stereocenters. The first kappa shape index (κ1) is 13.9. The van der Waals surface area contributed by atoms with Crippen LogP contribution in [0.15, 0.2) is 72.3 Å². The normalized spacial score (nSPS) is 14.9. The molecule has 114 valence electrons. The molecular weight excluding hydrogens is 308 g/mol. The average Bonchev–Trinajstić information content (AvgIpc) is 3.04. The Morgan fingerprint density at radius 1 is 1.04 bits per heavy atom. The number of benzene rings is 1. The van der Waals surface area contributed by atoms with Gasteiger partial charge >= 0.3 is 0 Å². The Kier molecular flexibility index (Phi) is 3.51. The largest absolute Gasteiger partial charge is 0.368 e. The van der Waals surface area contributed by atoms with E-state index in [-0.39, 0.29) is 0 Å². The third-order valence-electron chi connectivity index (χ3n) is 3.58. The van der Waals surface area contributed by atoms with Gasteiger partial charge in [-0.05, 0) is 35.9 Å². The summed E-state index contributed by atoms with van der Waals surface area (Å²) in [6.07, 6.45) is 6.29. The zero-order chi connectivity index (χ0) is 15.6. The molecule has 0 radical (unpaired) electrons. The lowest BCUT2D eigenvalue weighted by Crippen LogP contribution is -1.93. The smallest absolute Gasteiger partial charge is 0.234 e. The minimum Gasteiger partial charge on any atom is -0.368 e. The molecule has 0 saturated heterocycles. The first-order chi connectivity index (χ1) is 11.3. The Labute approximate surface area is 135 Å². The Bertz CT molecular complexity index is 944. The molecule has 5 rings (SSSR count). The van der Waals surface area contributed by atoms with Gasteiger partial charge in [0.15, 0.2) is 11.0 Å². The first-order valence-corrected chi connectivity index (χ1v) is 8.35. The highest BCUT2D eigenvalue weighted by atomic mass is 32.2. The van der Waals surface area contributed by atoms with Crippen molar-refractivity contribution < 1.29 is 4.21 Å². The minimum absolute atomic E-state index is 0.679. The van der Waals surface area contributed by atoms with Gasteiger partial charge in [-0.2, -0.15) is 0 Å². The van der Waals surface area contributed by atoms with E-state index in [2.05, 4.69) is 15.0 Å². The van der Waals surface area contributed by atoms with Crippen LogP contribution in [0, 0.1) is 0 Å². The van der Waals surface area contributed by atoms with Crippen molar-refractivity contribution in [1.29, 1.82) is 0 Å². The van der Waals surface area contributed by atoms with E-state index in [1.54, 1.807) is 10.2 Å². The maximum Gasteiger partial charge on any atom is 0.234 e. The van der Waals surface area contributed by atoms with E-state index in [0.29, 0.717) is 5.16 Å². The zero-order valence-corrected chi connectivity index (χ0v) is 13.0. The third kappa shape index (κ3) is 2.68. The number of rotatable bonds is 2. The number of aromatic nitrogens is 4. The zero-order valence-electron chi connectivity index (χ0n) is 12.2. The van der Waals surface area contributed by atoms with Crippen molar-refractivity contribution in [2.24, 2.45) is 0 Å². The number of hydrogen-bond donors (Lipinski definition) is 1. The molecule has 0 aliphatic carbocycles. The molecule has 23 heavy (non-hydrogen) atoms. The van der Waals surface area contributed by atoms with Crippen molar-refractivity contribution in [1.82, 2.24) is 18.9 Å². The summed E-state index contributed by atoms with van der Waals surface area (Å²) in [5.41, 5.74) is 4.04. The third-order valence-corrected chi connectivity index (χ3v) is 4.70. The van der Waals surface area contributed by atoms with Crippen LogP contribution in [0.2, 0.25) is 0 Å². The molecular formula is C17H14N4OS. The number of H-pyrrole nitrogens is 1. The summed E-state index contributed by atoms with van der Waals surface area (Å²) in [5.74, 6) is 0. The lowest BCUT2D eigenvalue weighted by Gasteiger charge is -2.02. The number of hydrogen-bond acceptors (Lipinski definition) is 3. The van der Waals surface area contributed by atoms with Crippen LogP contribution >= 0.6 is 0 Å². The molecule has 0 fully saturated rings. The minimum atomic E-state index is -1.01. The van der Waals surface area contributed by atoms with Gasteiger partial charge in [0.1, 0.15) is 0 Å². The van der Waals surface area contributed by atoms with Gasteiger partial charge < -0.3 is 4.98 Å². The number of imidazole rings is 1. The molecule has 0 saturated carbocycles. The van der Waals surface area contributed by atoms with Crippen molar-refractivity contribution in [3.8, 4) is 0 Å². The van der Waals surface area contributed by atoms with Gasteiger partial charge in [0.2, 0.25) is 5.16 Å². The molecule has 5 nitrogen and oxygen atoms in total. The Balaban J connectivity index is 0.000000233. The van der Waals surface area contributed by atoms with Crippen molar-refractivity contribution >= 4 is 22.0 Å². The van der Waals surface area contributed by atoms with E-state index in [9.17, 15) is 4.21 Å². The molecule has 3 aromatic heterocycles. The van der Waals surface area contributed by atoms with Gasteiger partial charge in [-0.15, -0.1) is 0 Å². The van der Waals surface area contributed by atoms with Crippen LogP contribution in [0.3, 0.4) is 0 Å². The summed E-state index contributed by atoms with van der Waals surface area (Å²) in [5, 5.41) is 0.679. The van der Waals surface area contributed by atoms with Crippen molar-refractivity contribution in [2.45, 2.75) is 11.6 Å². The van der Waals surface area contributed by atoms with E-state index in [4.69, 9.17) is 0 Å². The predicted octanol–water partition coefficient (Wildman–Crippen LogP) is 2.92. The van der Waals surface area contributed by atoms with Gasteiger partial charge in [-0.25, -0.2) is 13.2 Å². The average molecular weight is 322 g/mol. The fourth-order valence-electron chi connectivity index (χ4n) is 2.47. The highest BCUT2D eigenvalue weighted by Gasteiger charge is 2.34. The predicted molar refractivity (Wildman–Crippen MR) is 89.4 cm³/mol. The Morgan fingerprint density at radius 3 is 2.61 bits per heavy atom. The Morgan fingerprint density at radius 2 is 1.91 bits per heavy atom. The van der Waals surface area contributed by atoms with Crippen molar-refractivity contribution in [2.75, 3.05) is 0 Å². The lowest BCUT2D eigenvalue weighted by molar-refractivity contribution is 0.691. The van der Waals surface area contributed by atoms with E-state index >= 15 is 0 Å². The van der Waals surface area contributed by atoms with Crippen LogP contribution in [0.25, 0.3) is 11.0 Å². The molecule has 6 heteroatoms. The van der Waals surface area contributed by atoms with Crippen LogP contribution in [-0.4, -0.2) is 23.1 Å². The standard InChI is InChI=1S/C13H9N3OS.C4H5N/c17-18-13-15-12-9(4-3-6-11(12)16(13)18)8-10-5-1-2-7-14-10;1-2-4-5-3-1/h1-7H,8H2;1-5H. The second-order valence-electron chi connectivity index (χ2n) is 5.11. The molecule has 0 bridgehead atoms. The second kappa shape index (κ2) is 5.81. The van der Waals surface area contributed by atoms with Crippen molar-refractivity contribution in [3.05, 3.63) is 78.4 Å². The fraction of sp³-hybridized carbons (Fsp3) is 0.0588. The number of aromatic amines is 1. The molecule has 1 aliphatic rings. The number of pyridine rings is 1. The monoisotopic (exact) mass is 322 g/mol. The van der Waals surface area contributed by atoms with Gasteiger partial charge in [-0.1, -0.05) is 18.2 Å². The van der Waals surface area contributed by atoms with E-state index in [1.165, 1.54) is 0 Å². The van der Waals surface area contributed by atoms with Crippen molar-refractivity contribution in [3.63, 3.8) is 0 Å². The highest BCUT2D eigenvalue weighted by molar-refractivity contribution is 7.89. The number of nitrogens with one attached hydrogen (secondary N) is 1. The summed E-state index contributed by atoms with van der Waals surface area (Å²) in [7, 11) is -1.01. The van der Waals surface area contributed by atoms with Gasteiger partial charge in [0, 0.05) is 30.7 Å². The summed E-state index contributed by atoms with van der Waals surface area (Å²) in [6, 6.07) is 15.8. The molecule has 4 aromatic rings. The number of para-hydroxylation sites is 1. The highest BCUT2D eigenvalue weighted by Crippen LogP contribution is 2.32. The summed E-state index contributed by atoms with van der Waals surface area (Å²) < 4.78 is 13.2. The number of fused-ring (bicyclic) bond motifs is 3.